The Bertz CT molecular complexity index is 2250. The van der Waals surface area contributed by atoms with E-state index in [0.717, 1.165) is 12.1 Å². The van der Waals surface area contributed by atoms with E-state index in [0.29, 0.717) is 11.6 Å². The number of hydrogen-bond acceptors (Lipinski definition) is 13. The van der Waals surface area contributed by atoms with Gasteiger partial charge in [-0.25, -0.2) is 32.2 Å². The molecule has 1 aromatic heterocycles. The molecule has 1 fully saturated rings. The number of allylic oxidation sites excluding steroid dienone is 2. The number of benzene rings is 3. The first-order valence-corrected chi connectivity index (χ1v) is 20.7. The lowest BCUT2D eigenvalue weighted by molar-refractivity contribution is -0.146. The second-order valence-corrected chi connectivity index (χ2v) is 16.2. The van der Waals surface area contributed by atoms with Gasteiger partial charge in [0, 0.05) is 28.0 Å². The van der Waals surface area contributed by atoms with Crippen LogP contribution in [0.25, 0.3) is 6.08 Å². The van der Waals surface area contributed by atoms with Crippen molar-refractivity contribution < 1.29 is 55.0 Å². The van der Waals surface area contributed by atoms with Crippen LogP contribution >= 0.6 is 19.6 Å². The topological polar surface area (TPSA) is 153 Å². The maximum Gasteiger partial charge on any atom is 0.475 e. The molecule has 60 heavy (non-hydrogen) atoms. The third-order valence-electron chi connectivity index (χ3n) is 8.90. The maximum absolute atomic E-state index is 16.1. The van der Waals surface area contributed by atoms with Gasteiger partial charge in [0.15, 0.2) is 11.9 Å². The quantitative estimate of drug-likeness (QED) is 0.0341. The molecule has 0 spiro atoms. The molecule has 13 nitrogen and oxygen atoms in total. The first kappa shape index (κ1) is 45.8. The molecule has 5 rings (SSSR count). The summed E-state index contributed by atoms with van der Waals surface area (Å²) < 4.78 is 99.7. The molecular weight excluding hydrogens is 825 g/mol. The highest BCUT2D eigenvalue weighted by Gasteiger charge is 2.47. The molecule has 2 atom stereocenters. The summed E-state index contributed by atoms with van der Waals surface area (Å²) in [5.74, 6) is -3.17. The van der Waals surface area contributed by atoms with Crippen molar-refractivity contribution in [1.29, 1.82) is 5.26 Å². The molecule has 18 heteroatoms. The fraction of sp³-hybridized carbons (Fsp3) is 0.286. The smallest absolute Gasteiger partial charge is 0.475 e. The molecule has 0 N–H and O–H groups in total. The standard InChI is InChI=1S/C42H42F3N4O9PS/c1-5-18-55-59(51,56-19-6-2)57-25-35-34(11-9-12-39(35)52-4)41(50)58-42(26-49-28-47-27-48-49,36-17-16-32(43)21-38(36)45)29(3)60-33-23-53-40(54-24-33)13-8-7-10-31-15-14-30(22-46)20-37(31)44/h5-17,20-21,27-29,33,40H,1-2,18-19,23-26H2,3-4H3/b10-7+,13-8+/t29-,33?,40?,42-/m1/s1. The molecule has 316 valence electrons. The first-order valence-electron chi connectivity index (χ1n) is 18.3. The van der Waals surface area contributed by atoms with E-state index in [1.165, 1.54) is 84.8 Å². The fourth-order valence-electron chi connectivity index (χ4n) is 5.99. The van der Waals surface area contributed by atoms with Gasteiger partial charge in [-0.3, -0.25) is 13.6 Å². The second-order valence-electron chi connectivity index (χ2n) is 12.9. The zero-order valence-electron chi connectivity index (χ0n) is 32.7. The van der Waals surface area contributed by atoms with Gasteiger partial charge in [-0.2, -0.15) is 10.4 Å². The number of rotatable bonds is 21. The van der Waals surface area contributed by atoms with E-state index >= 15 is 4.39 Å². The summed E-state index contributed by atoms with van der Waals surface area (Å²) in [7, 11) is -2.85. The van der Waals surface area contributed by atoms with Crippen LogP contribution in [-0.2, 0) is 51.1 Å². The van der Waals surface area contributed by atoms with Crippen LogP contribution < -0.4 is 4.74 Å². The Labute approximate surface area is 349 Å². The van der Waals surface area contributed by atoms with Gasteiger partial charge >= 0.3 is 13.8 Å². The number of halogens is 3. The van der Waals surface area contributed by atoms with Gasteiger partial charge in [-0.15, -0.1) is 24.9 Å². The zero-order chi connectivity index (χ0) is 43.1. The Morgan fingerprint density at radius 3 is 2.45 bits per heavy atom. The second kappa shape index (κ2) is 21.8. The average molecular weight is 867 g/mol. The molecule has 0 saturated carbocycles. The largest absolute Gasteiger partial charge is 0.496 e. The van der Waals surface area contributed by atoms with Crippen LogP contribution in [0.4, 0.5) is 13.2 Å². The number of ether oxygens (including phenoxy) is 4. The summed E-state index contributed by atoms with van der Waals surface area (Å²) in [5.41, 5.74) is -1.53. The number of methoxy groups -OCH3 is 1. The predicted molar refractivity (Wildman–Crippen MR) is 217 cm³/mol. The lowest BCUT2D eigenvalue weighted by atomic mass is 9.89. The average Bonchev–Trinajstić information content (AvgIpc) is 3.76. The van der Waals surface area contributed by atoms with E-state index in [2.05, 4.69) is 23.2 Å². The SMILES string of the molecule is C=CCOP(=O)(OCC=C)OCc1c(OC)cccc1C(=O)O[C@@](Cn1cncn1)(c1ccc(F)cc1F)[C@@H](C)SC1COC(/C=C/C=C/c2ccc(C#N)cc2F)OC1. The summed E-state index contributed by atoms with van der Waals surface area (Å²) >= 11 is 1.28. The monoisotopic (exact) mass is 866 g/mol. The van der Waals surface area contributed by atoms with E-state index in [-0.39, 0.29) is 66.2 Å². The third kappa shape index (κ3) is 11.9. The van der Waals surface area contributed by atoms with E-state index in [1.54, 1.807) is 31.2 Å². The Balaban J connectivity index is 1.42. The van der Waals surface area contributed by atoms with Gasteiger partial charge in [0.05, 0.1) is 69.1 Å². The van der Waals surface area contributed by atoms with Crippen molar-refractivity contribution in [3.8, 4) is 11.8 Å². The van der Waals surface area contributed by atoms with Gasteiger partial charge < -0.3 is 18.9 Å². The van der Waals surface area contributed by atoms with Crippen LogP contribution in [0.2, 0.25) is 0 Å². The van der Waals surface area contributed by atoms with Crippen LogP contribution in [0.1, 0.15) is 39.5 Å². The molecule has 0 amide bonds. The number of esters is 1. The lowest BCUT2D eigenvalue weighted by Gasteiger charge is -2.40. The normalized spacial score (nSPS) is 17.2. The zero-order valence-corrected chi connectivity index (χ0v) is 34.4. The summed E-state index contributed by atoms with van der Waals surface area (Å²) in [5, 5.41) is 12.0. The van der Waals surface area contributed by atoms with Crippen molar-refractivity contribution in [1.82, 2.24) is 14.8 Å². The number of hydrogen-bond donors (Lipinski definition) is 0. The number of carbonyl (C=O) groups is 1. The van der Waals surface area contributed by atoms with Crippen LogP contribution in [0.5, 0.6) is 5.75 Å². The Kier molecular flexibility index (Phi) is 16.6. The molecule has 2 heterocycles. The Hall–Kier alpha value is -5.31. The van der Waals surface area contributed by atoms with Crippen LogP contribution in [0.3, 0.4) is 0 Å². The number of thioether (sulfide) groups is 1. The van der Waals surface area contributed by atoms with E-state index < -0.39 is 55.0 Å². The summed E-state index contributed by atoms with van der Waals surface area (Å²) in [6, 6.07) is 13.5. The van der Waals surface area contributed by atoms with Crippen molar-refractivity contribution in [2.75, 3.05) is 33.5 Å². The highest BCUT2D eigenvalue weighted by atomic mass is 32.2. The van der Waals surface area contributed by atoms with E-state index in [4.69, 9.17) is 37.8 Å². The fourth-order valence-corrected chi connectivity index (χ4v) is 8.43. The molecule has 1 aliphatic heterocycles. The van der Waals surface area contributed by atoms with Gasteiger partial charge in [-0.05, 0) is 49.4 Å². The minimum absolute atomic E-state index is 0.0917. The van der Waals surface area contributed by atoms with Gasteiger partial charge in [0.2, 0.25) is 0 Å². The molecule has 1 aliphatic rings. The molecule has 4 aromatic rings. The van der Waals surface area contributed by atoms with Crippen LogP contribution in [0.15, 0.2) is 111 Å². The molecule has 0 aliphatic carbocycles. The van der Waals surface area contributed by atoms with Crippen molar-refractivity contribution in [3.05, 3.63) is 156 Å². The van der Waals surface area contributed by atoms with Crippen LogP contribution in [0, 0.1) is 28.8 Å². The number of carbonyl (C=O) groups excluding carboxylic acids is 1. The maximum atomic E-state index is 16.1. The molecule has 0 bridgehead atoms. The van der Waals surface area contributed by atoms with E-state index in [1.807, 2.05) is 6.07 Å². The molecule has 0 radical (unpaired) electrons. The van der Waals surface area contributed by atoms with Gasteiger partial charge in [0.25, 0.3) is 0 Å². The first-order chi connectivity index (χ1) is 28.9. The van der Waals surface area contributed by atoms with Crippen molar-refractivity contribution in [2.24, 2.45) is 0 Å². The van der Waals surface area contributed by atoms with Crippen molar-refractivity contribution in [3.63, 3.8) is 0 Å². The number of phosphoric acid groups is 1. The lowest BCUT2D eigenvalue weighted by Crippen LogP contribution is -2.47. The molecular formula is C42H42F3N4O9PS. The Morgan fingerprint density at radius 2 is 1.82 bits per heavy atom. The number of aromatic nitrogens is 3. The summed E-state index contributed by atoms with van der Waals surface area (Å²) in [6.45, 7) is 8.03. The minimum Gasteiger partial charge on any atom is -0.496 e. The highest BCUT2D eigenvalue weighted by molar-refractivity contribution is 8.00. The summed E-state index contributed by atoms with van der Waals surface area (Å²) in [4.78, 5) is 18.6. The number of nitriles is 1. The van der Waals surface area contributed by atoms with Crippen molar-refractivity contribution in [2.45, 2.75) is 42.5 Å². The number of phosphoric ester groups is 1. The Morgan fingerprint density at radius 1 is 1.07 bits per heavy atom. The van der Waals surface area contributed by atoms with Crippen LogP contribution in [-0.4, -0.2) is 71.1 Å². The summed E-state index contributed by atoms with van der Waals surface area (Å²) in [6.07, 6.45) is 11.0. The van der Waals surface area contributed by atoms with Gasteiger partial charge in [-0.1, -0.05) is 42.5 Å². The van der Waals surface area contributed by atoms with Gasteiger partial charge in [0.1, 0.15) is 35.9 Å². The van der Waals surface area contributed by atoms with E-state index in [9.17, 15) is 18.1 Å². The third-order valence-corrected chi connectivity index (χ3v) is 11.7. The molecule has 1 saturated heterocycles. The highest BCUT2D eigenvalue weighted by Crippen LogP contribution is 2.51. The molecule has 3 aromatic carbocycles. The predicted octanol–water partition coefficient (Wildman–Crippen LogP) is 8.49. The number of nitrogens with zero attached hydrogens (tertiary/aromatic N) is 4. The molecule has 0 unspecified atom stereocenters. The minimum atomic E-state index is -4.21. The van der Waals surface area contributed by atoms with Crippen molar-refractivity contribution >= 4 is 31.6 Å².